The second kappa shape index (κ2) is 5.42. The van der Waals surface area contributed by atoms with E-state index in [4.69, 9.17) is 5.84 Å². The van der Waals surface area contributed by atoms with Gasteiger partial charge < -0.3 is 14.6 Å². The molecule has 8 nitrogen and oxygen atoms in total. The van der Waals surface area contributed by atoms with Gasteiger partial charge in [-0.2, -0.15) is 0 Å². The van der Waals surface area contributed by atoms with Gasteiger partial charge in [0, 0.05) is 13.6 Å². The van der Waals surface area contributed by atoms with Crippen LogP contribution in [-0.2, 0) is 19.2 Å². The largest absolute Gasteiger partial charge is 0.356 e. The summed E-state index contributed by atoms with van der Waals surface area (Å²) in [5.74, 6) is 3.86. The smallest absolute Gasteiger partial charge is 0.328 e. The molecule has 1 heterocycles. The molecule has 0 aromatic heterocycles. The number of carbonyl (C=O) groups excluding carboxylic acids is 3. The molecule has 1 fully saturated rings. The van der Waals surface area contributed by atoms with E-state index in [1.54, 1.807) is 12.6 Å². The summed E-state index contributed by atoms with van der Waals surface area (Å²) < 4.78 is 0. The van der Waals surface area contributed by atoms with Crippen LogP contribution >= 0.6 is 0 Å². The van der Waals surface area contributed by atoms with E-state index in [-0.39, 0.29) is 37.9 Å². The van der Waals surface area contributed by atoms with Crippen LogP contribution in [0.5, 0.6) is 0 Å². The summed E-state index contributed by atoms with van der Waals surface area (Å²) in [4.78, 5) is 40.6. The number of nitrogens with one attached hydrogen (secondary N) is 1. The molecule has 0 aliphatic carbocycles. The van der Waals surface area contributed by atoms with Crippen LogP contribution in [0.25, 0.3) is 0 Å². The average molecular weight is 230 g/mol. The van der Waals surface area contributed by atoms with E-state index in [1.807, 2.05) is 0 Å². The van der Waals surface area contributed by atoms with Crippen LogP contribution in [0.3, 0.4) is 0 Å². The first kappa shape index (κ1) is 12.4. The molecule has 0 saturated carbocycles. The zero-order valence-electron chi connectivity index (χ0n) is 8.93. The lowest BCUT2D eigenvalue weighted by Crippen LogP contribution is -2.52. The molecule has 0 atom stereocenters. The molecule has 90 valence electrons. The van der Waals surface area contributed by atoms with Crippen LogP contribution in [0.15, 0.2) is 0 Å². The van der Waals surface area contributed by atoms with Gasteiger partial charge in [-0.05, 0) is 0 Å². The minimum absolute atomic E-state index is 0.00132. The maximum absolute atomic E-state index is 11.5. The molecule has 0 bridgehead atoms. The molecule has 1 rings (SSSR count). The standard InChI is InChI=1S/C8H14N4O4/c1-11-4-7(14)12(5-6(11)13)3-2-8(15)16-10-9/h10H,2-5,9H2,1H3. The monoisotopic (exact) mass is 230 g/mol. The summed E-state index contributed by atoms with van der Waals surface area (Å²) in [5, 5.41) is 0. The van der Waals surface area contributed by atoms with Gasteiger partial charge in [0.25, 0.3) is 0 Å². The second-order valence-electron chi connectivity index (χ2n) is 3.41. The Morgan fingerprint density at radius 2 is 2.12 bits per heavy atom. The number of hydrogen-bond acceptors (Lipinski definition) is 6. The van der Waals surface area contributed by atoms with Gasteiger partial charge in [-0.3, -0.25) is 14.4 Å². The van der Waals surface area contributed by atoms with Crippen LogP contribution in [0.4, 0.5) is 0 Å². The van der Waals surface area contributed by atoms with Gasteiger partial charge in [0.1, 0.15) is 0 Å². The van der Waals surface area contributed by atoms with Crippen LogP contribution in [0, 0.1) is 0 Å². The highest BCUT2D eigenvalue weighted by atomic mass is 16.7. The number of hydrazine groups is 1. The number of hydrogen-bond donors (Lipinski definition) is 2. The number of rotatable bonds is 4. The fraction of sp³-hybridized carbons (Fsp3) is 0.625. The van der Waals surface area contributed by atoms with Crippen molar-refractivity contribution in [2.45, 2.75) is 6.42 Å². The topological polar surface area (TPSA) is 105 Å². The molecule has 16 heavy (non-hydrogen) atoms. The molecule has 0 spiro atoms. The fourth-order valence-electron chi connectivity index (χ4n) is 1.31. The van der Waals surface area contributed by atoms with Gasteiger partial charge >= 0.3 is 5.97 Å². The molecule has 0 aromatic rings. The van der Waals surface area contributed by atoms with E-state index < -0.39 is 5.97 Å². The highest BCUT2D eigenvalue weighted by Gasteiger charge is 2.27. The fourth-order valence-corrected chi connectivity index (χ4v) is 1.31. The molecule has 2 amide bonds. The van der Waals surface area contributed by atoms with Crippen molar-refractivity contribution < 1.29 is 19.2 Å². The molecular formula is C8H14N4O4. The van der Waals surface area contributed by atoms with E-state index in [0.29, 0.717) is 0 Å². The summed E-state index contributed by atoms with van der Waals surface area (Å²) in [6.45, 7) is 0.195. The first-order valence-electron chi connectivity index (χ1n) is 4.71. The van der Waals surface area contributed by atoms with Crippen molar-refractivity contribution in [3.63, 3.8) is 0 Å². The summed E-state index contributed by atoms with van der Waals surface area (Å²) in [6.07, 6.45) is -0.00701. The summed E-state index contributed by atoms with van der Waals surface area (Å²) in [6, 6.07) is 0. The number of nitrogens with zero attached hydrogens (tertiary/aromatic N) is 2. The molecule has 1 aliphatic rings. The Hall–Kier alpha value is -1.67. The Kier molecular flexibility index (Phi) is 4.20. The molecular weight excluding hydrogens is 216 g/mol. The third-order valence-corrected chi connectivity index (χ3v) is 2.24. The molecule has 1 aliphatic heterocycles. The van der Waals surface area contributed by atoms with Crippen LogP contribution in [0.1, 0.15) is 6.42 Å². The summed E-state index contributed by atoms with van der Waals surface area (Å²) in [7, 11) is 1.56. The highest BCUT2D eigenvalue weighted by molar-refractivity contribution is 5.92. The predicted octanol–water partition coefficient (Wildman–Crippen LogP) is -2.40. The Balaban J connectivity index is 2.39. The highest BCUT2D eigenvalue weighted by Crippen LogP contribution is 2.03. The SMILES string of the molecule is CN1CC(=O)N(CCC(=O)ONN)CC1=O. The van der Waals surface area contributed by atoms with Crippen molar-refractivity contribution in [3.8, 4) is 0 Å². The van der Waals surface area contributed by atoms with E-state index in [1.165, 1.54) is 9.80 Å². The minimum Gasteiger partial charge on any atom is -0.356 e. The predicted molar refractivity (Wildman–Crippen MR) is 52.2 cm³/mol. The lowest BCUT2D eigenvalue weighted by molar-refractivity contribution is -0.154. The number of amides is 2. The molecule has 0 radical (unpaired) electrons. The van der Waals surface area contributed by atoms with Crippen LogP contribution in [0.2, 0.25) is 0 Å². The number of nitrogens with two attached hydrogens (primary N) is 1. The molecule has 8 heteroatoms. The van der Waals surface area contributed by atoms with Gasteiger partial charge in [-0.15, -0.1) is 0 Å². The van der Waals surface area contributed by atoms with Crippen molar-refractivity contribution in [1.29, 1.82) is 0 Å². The van der Waals surface area contributed by atoms with Gasteiger partial charge in [0.15, 0.2) is 0 Å². The molecule has 1 saturated heterocycles. The third kappa shape index (κ3) is 3.17. The zero-order valence-corrected chi connectivity index (χ0v) is 8.93. The summed E-state index contributed by atoms with van der Waals surface area (Å²) in [5.41, 5.74) is 1.75. The first-order chi connectivity index (χ1) is 7.54. The lowest BCUT2D eigenvalue weighted by atomic mass is 10.3. The molecule has 3 N–H and O–H groups in total. The number of piperazine rings is 1. The first-order valence-corrected chi connectivity index (χ1v) is 4.71. The normalized spacial score (nSPS) is 16.6. The Morgan fingerprint density at radius 3 is 2.75 bits per heavy atom. The third-order valence-electron chi connectivity index (χ3n) is 2.24. The van der Waals surface area contributed by atoms with E-state index in [0.717, 1.165) is 0 Å². The Labute approximate surface area is 92.2 Å². The van der Waals surface area contributed by atoms with E-state index in [9.17, 15) is 14.4 Å². The van der Waals surface area contributed by atoms with E-state index >= 15 is 0 Å². The van der Waals surface area contributed by atoms with Gasteiger partial charge in [0.05, 0.1) is 19.5 Å². The Morgan fingerprint density at radius 1 is 1.44 bits per heavy atom. The number of carbonyl (C=O) groups is 3. The second-order valence-corrected chi connectivity index (χ2v) is 3.41. The quantitative estimate of drug-likeness (QED) is 0.412. The maximum Gasteiger partial charge on any atom is 0.328 e. The van der Waals surface area contributed by atoms with Crippen molar-refractivity contribution in [2.75, 3.05) is 26.7 Å². The average Bonchev–Trinajstić information content (AvgIpc) is 2.22. The van der Waals surface area contributed by atoms with Crippen molar-refractivity contribution in [1.82, 2.24) is 15.4 Å². The van der Waals surface area contributed by atoms with Crippen molar-refractivity contribution in [3.05, 3.63) is 0 Å². The van der Waals surface area contributed by atoms with Crippen molar-refractivity contribution >= 4 is 17.8 Å². The van der Waals surface area contributed by atoms with Crippen LogP contribution < -0.4 is 11.4 Å². The van der Waals surface area contributed by atoms with Gasteiger partial charge in [-0.25, -0.2) is 5.84 Å². The van der Waals surface area contributed by atoms with E-state index in [2.05, 4.69) is 4.84 Å². The summed E-state index contributed by atoms with van der Waals surface area (Å²) >= 11 is 0. The lowest BCUT2D eigenvalue weighted by Gasteiger charge is -2.31. The van der Waals surface area contributed by atoms with Crippen LogP contribution in [-0.4, -0.2) is 54.3 Å². The Bertz CT molecular complexity index is 306. The maximum atomic E-state index is 11.5. The molecule has 0 unspecified atom stereocenters. The van der Waals surface area contributed by atoms with Gasteiger partial charge in [0.2, 0.25) is 11.8 Å². The van der Waals surface area contributed by atoms with Gasteiger partial charge in [-0.1, -0.05) is 5.59 Å². The molecule has 0 aromatic carbocycles. The van der Waals surface area contributed by atoms with Crippen molar-refractivity contribution in [2.24, 2.45) is 5.84 Å². The minimum atomic E-state index is -0.582. The zero-order chi connectivity index (χ0) is 12.1. The number of likely N-dealkylation sites (N-methyl/N-ethyl adjacent to an activating group) is 1.